The predicted molar refractivity (Wildman–Crippen MR) is 119 cm³/mol. The highest BCUT2D eigenvalue weighted by Crippen LogP contribution is 2.36. The average molecular weight is 437 g/mol. The molecule has 0 aromatic heterocycles. The summed E-state index contributed by atoms with van der Waals surface area (Å²) < 4.78 is 25.4. The van der Waals surface area contributed by atoms with Gasteiger partial charge in [0.1, 0.15) is 0 Å². The van der Waals surface area contributed by atoms with Gasteiger partial charge in [0.2, 0.25) is 0 Å². The minimum absolute atomic E-state index is 0.0751. The molecule has 0 bridgehead atoms. The summed E-state index contributed by atoms with van der Waals surface area (Å²) in [6, 6.07) is 0. The lowest BCUT2D eigenvalue weighted by Gasteiger charge is -2.45. The van der Waals surface area contributed by atoms with Crippen molar-refractivity contribution in [2.75, 3.05) is 6.61 Å². The summed E-state index contributed by atoms with van der Waals surface area (Å²) in [6.07, 6.45) is 3.79. The summed E-state index contributed by atoms with van der Waals surface area (Å²) in [7, 11) is -8.59. The van der Waals surface area contributed by atoms with Crippen LogP contribution in [0.3, 0.4) is 0 Å². The minimum atomic E-state index is -2.92. The second kappa shape index (κ2) is 9.94. The summed E-state index contributed by atoms with van der Waals surface area (Å²) >= 11 is 0. The summed E-state index contributed by atoms with van der Waals surface area (Å²) in [4.78, 5) is 11.6. The van der Waals surface area contributed by atoms with Crippen molar-refractivity contribution in [2.24, 2.45) is 0 Å². The molecule has 0 radical (unpaired) electrons. The van der Waals surface area contributed by atoms with Crippen molar-refractivity contribution in [3.63, 3.8) is 0 Å². The maximum atomic E-state index is 11.6. The van der Waals surface area contributed by atoms with Gasteiger partial charge in [0.15, 0.2) is 25.0 Å². The zero-order valence-corrected chi connectivity index (χ0v) is 22.7. The van der Waals surface area contributed by atoms with Crippen LogP contribution in [0.2, 0.25) is 64.5 Å². The molecule has 0 spiro atoms. The van der Waals surface area contributed by atoms with Crippen molar-refractivity contribution in [3.05, 3.63) is 12.2 Å². The maximum absolute atomic E-state index is 11.6. The number of rotatable bonds is 11. The molecule has 5 nitrogen and oxygen atoms in total. The van der Waals surface area contributed by atoms with Crippen molar-refractivity contribution in [2.45, 2.75) is 84.7 Å². The van der Waals surface area contributed by atoms with Crippen LogP contribution in [0, 0.1) is 0 Å². The molecule has 0 aliphatic heterocycles. The van der Waals surface area contributed by atoms with E-state index in [4.69, 9.17) is 17.1 Å². The first-order valence-electron chi connectivity index (χ1n) is 9.40. The van der Waals surface area contributed by atoms with Crippen LogP contribution in [-0.4, -0.2) is 46.3 Å². The Bertz CT molecular complexity index is 434. The van der Waals surface area contributed by atoms with Crippen LogP contribution in [0.1, 0.15) is 20.3 Å². The third-order valence-corrected chi connectivity index (χ3v) is 15.3. The van der Waals surface area contributed by atoms with Crippen molar-refractivity contribution in [1.82, 2.24) is 0 Å². The van der Waals surface area contributed by atoms with Crippen molar-refractivity contribution < 1.29 is 21.9 Å². The largest absolute Gasteiger partial charge is 0.472 e. The first-order valence-corrected chi connectivity index (χ1v) is 21.4. The van der Waals surface area contributed by atoms with Gasteiger partial charge in [-0.05, 0) is 72.3 Å². The average Bonchev–Trinajstić information content (AvgIpc) is 2.32. The van der Waals surface area contributed by atoms with E-state index in [1.54, 1.807) is 13.0 Å². The van der Waals surface area contributed by atoms with Crippen LogP contribution in [0.25, 0.3) is 0 Å². The molecule has 0 aliphatic rings. The Morgan fingerprint density at radius 3 is 1.54 bits per heavy atom. The molecule has 0 aromatic rings. The lowest BCUT2D eigenvalue weighted by atomic mass is 10.3. The van der Waals surface area contributed by atoms with E-state index in [2.05, 4.69) is 65.8 Å². The summed E-state index contributed by atoms with van der Waals surface area (Å²) in [5.74, 6) is -0.310. The highest BCUT2D eigenvalue weighted by atomic mass is 28.5. The van der Waals surface area contributed by atoms with Gasteiger partial charge in [-0.15, -0.1) is 0 Å². The third-order valence-electron chi connectivity index (χ3n) is 3.05. The fraction of sp³-hybridized carbons (Fsp3) is 0.824. The molecule has 154 valence electrons. The lowest BCUT2D eigenvalue weighted by molar-refractivity contribution is -0.137. The van der Waals surface area contributed by atoms with Gasteiger partial charge in [-0.3, -0.25) is 0 Å². The first-order chi connectivity index (χ1) is 11.5. The third kappa shape index (κ3) is 11.6. The van der Waals surface area contributed by atoms with E-state index in [9.17, 15) is 4.79 Å². The van der Waals surface area contributed by atoms with Gasteiger partial charge in [0.05, 0.1) is 6.61 Å². The second-order valence-electron chi connectivity index (χ2n) is 9.60. The van der Waals surface area contributed by atoms with Crippen molar-refractivity contribution in [1.29, 1.82) is 0 Å². The standard InChI is InChI=1S/C17H40O5Si4/c1-12-13-17(18)19-15-14-16(2)26(20-23(3,4)5,21-24(6,7)8)22-25(9,10)11/h12-13,16H,14-15H2,1-11H3. The first kappa shape index (κ1) is 26.0. The van der Waals surface area contributed by atoms with E-state index in [1.165, 1.54) is 6.08 Å². The number of carbonyl (C=O) groups excluding carboxylic acids is 1. The van der Waals surface area contributed by atoms with Gasteiger partial charge < -0.3 is 17.1 Å². The molecule has 0 heterocycles. The molecule has 1 unspecified atom stereocenters. The highest BCUT2D eigenvalue weighted by Gasteiger charge is 2.53. The molecule has 0 aromatic carbocycles. The van der Waals surface area contributed by atoms with Gasteiger partial charge >= 0.3 is 14.8 Å². The number of hydrogen-bond acceptors (Lipinski definition) is 5. The summed E-state index contributed by atoms with van der Waals surface area (Å²) in [6.45, 7) is 23.8. The van der Waals surface area contributed by atoms with Gasteiger partial charge in [0.25, 0.3) is 0 Å². The van der Waals surface area contributed by atoms with Gasteiger partial charge in [-0.25, -0.2) is 4.79 Å². The topological polar surface area (TPSA) is 54.0 Å². The lowest BCUT2D eigenvalue weighted by Crippen LogP contribution is -2.62. The Kier molecular flexibility index (Phi) is 9.93. The normalized spacial score (nSPS) is 15.3. The molecule has 1 atom stereocenters. The monoisotopic (exact) mass is 436 g/mol. The number of carbonyl (C=O) groups is 1. The SMILES string of the molecule is CC=CC(=O)OCCC(C)[Si](O[Si](C)(C)C)(O[Si](C)(C)C)O[Si](C)(C)C. The quantitative estimate of drug-likeness (QED) is 0.247. The smallest absolute Gasteiger partial charge is 0.463 e. The Balaban J connectivity index is 5.57. The highest BCUT2D eigenvalue weighted by molar-refractivity contribution is 6.90. The van der Waals surface area contributed by atoms with Crippen LogP contribution >= 0.6 is 0 Å². The number of hydrogen-bond donors (Lipinski definition) is 0. The van der Waals surface area contributed by atoms with Crippen molar-refractivity contribution >= 4 is 39.7 Å². The zero-order valence-electron chi connectivity index (χ0n) is 18.7. The molecule has 0 amide bonds. The Hall–Kier alpha value is -0.0425. The summed E-state index contributed by atoms with van der Waals surface area (Å²) in [5.41, 5.74) is 0.0751. The molecule has 0 rings (SSSR count). The van der Waals surface area contributed by atoms with Crippen LogP contribution in [0.4, 0.5) is 0 Å². The maximum Gasteiger partial charge on any atom is 0.472 e. The van der Waals surface area contributed by atoms with Gasteiger partial charge in [-0.1, -0.05) is 13.0 Å². The fourth-order valence-electron chi connectivity index (χ4n) is 2.34. The van der Waals surface area contributed by atoms with E-state index in [0.717, 1.165) is 0 Å². The Labute approximate surface area is 165 Å². The zero-order chi connectivity index (χ0) is 20.8. The van der Waals surface area contributed by atoms with E-state index in [-0.39, 0.29) is 11.5 Å². The number of ether oxygens (including phenoxy) is 1. The van der Waals surface area contributed by atoms with Crippen LogP contribution in [0.5, 0.6) is 0 Å². The Morgan fingerprint density at radius 1 is 0.846 bits per heavy atom. The Morgan fingerprint density at radius 2 is 1.23 bits per heavy atom. The van der Waals surface area contributed by atoms with Crippen LogP contribution < -0.4 is 0 Å². The van der Waals surface area contributed by atoms with Crippen molar-refractivity contribution in [3.8, 4) is 0 Å². The van der Waals surface area contributed by atoms with Crippen LogP contribution in [0.15, 0.2) is 12.2 Å². The van der Waals surface area contributed by atoms with Gasteiger partial charge in [-0.2, -0.15) is 0 Å². The van der Waals surface area contributed by atoms with E-state index in [0.29, 0.717) is 13.0 Å². The molecule has 0 N–H and O–H groups in total. The molecule has 26 heavy (non-hydrogen) atoms. The molecule has 0 saturated heterocycles. The minimum Gasteiger partial charge on any atom is -0.463 e. The fourth-order valence-corrected chi connectivity index (χ4v) is 17.1. The molecule has 9 heteroatoms. The van der Waals surface area contributed by atoms with E-state index < -0.39 is 33.8 Å². The molecule has 0 fully saturated rings. The molecular formula is C17H40O5Si4. The number of allylic oxidation sites excluding steroid dienone is 1. The summed E-state index contributed by atoms with van der Waals surface area (Å²) in [5, 5.41) is 0. The molecular weight excluding hydrogens is 397 g/mol. The molecule has 0 saturated carbocycles. The number of esters is 1. The second-order valence-corrected chi connectivity index (χ2v) is 26.9. The van der Waals surface area contributed by atoms with E-state index in [1.807, 2.05) is 0 Å². The van der Waals surface area contributed by atoms with Crippen LogP contribution in [-0.2, 0) is 21.9 Å². The van der Waals surface area contributed by atoms with E-state index >= 15 is 0 Å². The van der Waals surface area contributed by atoms with Gasteiger partial charge in [0, 0.05) is 11.6 Å². The molecule has 0 aliphatic carbocycles. The predicted octanol–water partition coefficient (Wildman–Crippen LogP) is 5.38.